The fraction of sp³-hybridized carbons (Fsp3) is 0.476. The molecule has 0 saturated carbocycles. The summed E-state index contributed by atoms with van der Waals surface area (Å²) in [6.07, 6.45) is 3.55. The van der Waals surface area contributed by atoms with E-state index in [9.17, 15) is 4.79 Å². The molecule has 3 aromatic rings. The molecule has 1 atom stereocenters. The lowest BCUT2D eigenvalue weighted by Crippen LogP contribution is -2.28. The zero-order valence-corrected chi connectivity index (χ0v) is 18.3. The Morgan fingerprint density at radius 3 is 2.97 bits per heavy atom. The molecule has 1 amide bonds. The Morgan fingerprint density at radius 2 is 2.23 bits per heavy atom. The van der Waals surface area contributed by atoms with Gasteiger partial charge in [0, 0.05) is 66.4 Å². The standard InChI is InChI=1S/C21H26N6O2S/c1-13(2)20-26-25-18(29-20)4-5-19(28)27-8-6-15(12-27)17-11-16(10-14(3)23-17)24-21-22-7-9-30-21/h7,9-11,13,15H,4-6,8,12H2,1-3H3,(H,22,23,24)/t15-/m0/s1. The molecule has 0 spiro atoms. The first-order valence-corrected chi connectivity index (χ1v) is 11.1. The summed E-state index contributed by atoms with van der Waals surface area (Å²) in [6.45, 7) is 7.43. The quantitative estimate of drug-likeness (QED) is 0.609. The summed E-state index contributed by atoms with van der Waals surface area (Å²) >= 11 is 1.56. The van der Waals surface area contributed by atoms with E-state index in [1.54, 1.807) is 17.5 Å². The van der Waals surface area contributed by atoms with Crippen molar-refractivity contribution < 1.29 is 9.21 Å². The van der Waals surface area contributed by atoms with E-state index in [1.165, 1.54) is 0 Å². The number of carbonyl (C=O) groups excluding carboxylic acids is 1. The smallest absolute Gasteiger partial charge is 0.223 e. The van der Waals surface area contributed by atoms with Crippen LogP contribution >= 0.6 is 11.3 Å². The van der Waals surface area contributed by atoms with Gasteiger partial charge < -0.3 is 14.6 Å². The Labute approximate surface area is 179 Å². The molecule has 0 radical (unpaired) electrons. The molecule has 0 aliphatic carbocycles. The van der Waals surface area contributed by atoms with Crippen LogP contribution in [0.4, 0.5) is 10.8 Å². The number of hydrogen-bond acceptors (Lipinski definition) is 8. The Hall–Kier alpha value is -2.81. The molecule has 0 aromatic carbocycles. The maximum Gasteiger partial charge on any atom is 0.223 e. The molecule has 1 aliphatic heterocycles. The minimum atomic E-state index is 0.121. The third-order valence-corrected chi connectivity index (χ3v) is 5.83. The molecule has 158 valence electrons. The Morgan fingerprint density at radius 1 is 1.37 bits per heavy atom. The number of carbonyl (C=O) groups is 1. The molecule has 0 bridgehead atoms. The average Bonchev–Trinajstić information content (AvgIpc) is 3.46. The van der Waals surface area contributed by atoms with Crippen LogP contribution in [0.2, 0.25) is 0 Å². The number of pyridine rings is 1. The van der Waals surface area contributed by atoms with Crippen LogP contribution < -0.4 is 5.32 Å². The minimum absolute atomic E-state index is 0.121. The van der Waals surface area contributed by atoms with Crippen molar-refractivity contribution in [1.29, 1.82) is 0 Å². The molecular formula is C21H26N6O2S. The first-order chi connectivity index (χ1) is 14.5. The topological polar surface area (TPSA) is 97.0 Å². The molecule has 4 heterocycles. The van der Waals surface area contributed by atoms with Gasteiger partial charge in [-0.05, 0) is 25.5 Å². The van der Waals surface area contributed by atoms with Gasteiger partial charge in [0.15, 0.2) is 5.13 Å². The highest BCUT2D eigenvalue weighted by Crippen LogP contribution is 2.29. The highest BCUT2D eigenvalue weighted by atomic mass is 32.1. The Bertz CT molecular complexity index is 1000. The lowest BCUT2D eigenvalue weighted by atomic mass is 10.0. The van der Waals surface area contributed by atoms with Crippen LogP contribution in [0.1, 0.15) is 61.7 Å². The number of nitrogens with zero attached hydrogens (tertiary/aromatic N) is 5. The van der Waals surface area contributed by atoms with Gasteiger partial charge in [-0.2, -0.15) is 0 Å². The van der Waals surface area contributed by atoms with Gasteiger partial charge in [0.25, 0.3) is 0 Å². The summed E-state index contributed by atoms with van der Waals surface area (Å²) < 4.78 is 5.60. The second-order valence-corrected chi connectivity index (χ2v) is 8.79. The van der Waals surface area contributed by atoms with E-state index in [0.717, 1.165) is 35.2 Å². The molecule has 0 unspecified atom stereocenters. The monoisotopic (exact) mass is 426 g/mol. The van der Waals surface area contributed by atoms with Crippen LogP contribution in [0.15, 0.2) is 28.1 Å². The van der Waals surface area contributed by atoms with Crippen LogP contribution in [0, 0.1) is 6.92 Å². The molecule has 1 saturated heterocycles. The summed E-state index contributed by atoms with van der Waals surface area (Å²) in [5.41, 5.74) is 2.95. The van der Waals surface area contributed by atoms with E-state index in [4.69, 9.17) is 9.40 Å². The molecule has 30 heavy (non-hydrogen) atoms. The highest BCUT2D eigenvalue weighted by Gasteiger charge is 2.28. The van der Waals surface area contributed by atoms with Crippen molar-refractivity contribution in [2.75, 3.05) is 18.4 Å². The van der Waals surface area contributed by atoms with Gasteiger partial charge >= 0.3 is 0 Å². The Balaban J connectivity index is 1.35. The summed E-state index contributed by atoms with van der Waals surface area (Å²) in [5, 5.41) is 14.2. The minimum Gasteiger partial charge on any atom is -0.425 e. The van der Waals surface area contributed by atoms with Crippen LogP contribution in [-0.4, -0.2) is 44.1 Å². The zero-order chi connectivity index (χ0) is 21.1. The maximum atomic E-state index is 12.7. The van der Waals surface area contributed by atoms with Crippen molar-refractivity contribution >= 4 is 28.1 Å². The van der Waals surface area contributed by atoms with Crippen molar-refractivity contribution in [1.82, 2.24) is 25.1 Å². The molecule has 8 nitrogen and oxygen atoms in total. The fourth-order valence-electron chi connectivity index (χ4n) is 3.59. The van der Waals surface area contributed by atoms with Gasteiger partial charge in [-0.25, -0.2) is 4.98 Å². The van der Waals surface area contributed by atoms with Crippen molar-refractivity contribution in [3.63, 3.8) is 0 Å². The molecule has 1 fully saturated rings. The van der Waals surface area contributed by atoms with Crippen LogP contribution in [0.25, 0.3) is 0 Å². The van der Waals surface area contributed by atoms with Crippen molar-refractivity contribution in [3.05, 3.63) is 46.9 Å². The summed E-state index contributed by atoms with van der Waals surface area (Å²) in [5.74, 6) is 1.70. The predicted octanol–water partition coefficient (Wildman–Crippen LogP) is 4.05. The first-order valence-electron chi connectivity index (χ1n) is 10.2. The highest BCUT2D eigenvalue weighted by molar-refractivity contribution is 7.13. The molecule has 3 aromatic heterocycles. The van der Waals surface area contributed by atoms with Gasteiger partial charge in [0.2, 0.25) is 17.7 Å². The molecule has 1 N–H and O–H groups in total. The summed E-state index contributed by atoms with van der Waals surface area (Å²) in [4.78, 5) is 23.6. The van der Waals surface area contributed by atoms with E-state index in [2.05, 4.69) is 26.6 Å². The average molecular weight is 427 g/mol. The van der Waals surface area contributed by atoms with Gasteiger partial charge in [-0.3, -0.25) is 9.78 Å². The predicted molar refractivity (Wildman–Crippen MR) is 115 cm³/mol. The number of hydrogen-bond donors (Lipinski definition) is 1. The second kappa shape index (κ2) is 8.91. The Kier molecular flexibility index (Phi) is 6.08. The number of aromatic nitrogens is 4. The number of anilines is 2. The SMILES string of the molecule is Cc1cc(Nc2nccs2)cc([C@H]2CCN(C(=O)CCc3nnc(C(C)C)o3)C2)n1. The van der Waals surface area contributed by atoms with E-state index >= 15 is 0 Å². The third-order valence-electron chi connectivity index (χ3n) is 5.15. The van der Waals surface area contributed by atoms with Crippen LogP contribution in [0.5, 0.6) is 0 Å². The van der Waals surface area contributed by atoms with E-state index in [0.29, 0.717) is 31.2 Å². The van der Waals surface area contributed by atoms with Gasteiger partial charge in [0.05, 0.1) is 0 Å². The van der Waals surface area contributed by atoms with Crippen LogP contribution in [0.3, 0.4) is 0 Å². The lowest BCUT2D eigenvalue weighted by molar-refractivity contribution is -0.130. The third kappa shape index (κ3) is 4.84. The number of aryl methyl sites for hydroxylation is 2. The van der Waals surface area contributed by atoms with E-state index < -0.39 is 0 Å². The number of amides is 1. The fourth-order valence-corrected chi connectivity index (χ4v) is 4.13. The summed E-state index contributed by atoms with van der Waals surface area (Å²) in [6, 6.07) is 4.08. The van der Waals surface area contributed by atoms with E-state index in [1.807, 2.05) is 37.1 Å². The molecule has 4 rings (SSSR count). The second-order valence-electron chi connectivity index (χ2n) is 7.90. The number of nitrogens with one attached hydrogen (secondary N) is 1. The van der Waals surface area contributed by atoms with Crippen LogP contribution in [-0.2, 0) is 11.2 Å². The van der Waals surface area contributed by atoms with E-state index in [-0.39, 0.29) is 17.7 Å². The largest absolute Gasteiger partial charge is 0.425 e. The number of rotatable bonds is 7. The first kappa shape index (κ1) is 20.5. The number of likely N-dealkylation sites (tertiary alicyclic amines) is 1. The van der Waals surface area contributed by atoms with Gasteiger partial charge in [-0.15, -0.1) is 21.5 Å². The lowest BCUT2D eigenvalue weighted by Gasteiger charge is -2.17. The molecular weight excluding hydrogens is 400 g/mol. The number of thiazole rings is 1. The normalized spacial score (nSPS) is 16.4. The summed E-state index contributed by atoms with van der Waals surface area (Å²) in [7, 11) is 0. The zero-order valence-electron chi connectivity index (χ0n) is 17.5. The molecule has 9 heteroatoms. The van der Waals surface area contributed by atoms with Gasteiger partial charge in [-0.1, -0.05) is 13.8 Å². The van der Waals surface area contributed by atoms with Gasteiger partial charge in [0.1, 0.15) is 0 Å². The van der Waals surface area contributed by atoms with Crippen molar-refractivity contribution in [2.24, 2.45) is 0 Å². The molecule has 1 aliphatic rings. The maximum absolute atomic E-state index is 12.7. The van der Waals surface area contributed by atoms with Crippen molar-refractivity contribution in [2.45, 2.75) is 51.9 Å². The van der Waals surface area contributed by atoms with Crippen molar-refractivity contribution in [3.8, 4) is 0 Å².